The second-order valence-electron chi connectivity index (χ2n) is 17.8. The average molecular weight is 958 g/mol. The van der Waals surface area contributed by atoms with Crippen molar-refractivity contribution in [1.29, 1.82) is 0 Å². The minimum absolute atomic E-state index is 0.0933. The molecule has 0 bridgehead atoms. The van der Waals surface area contributed by atoms with Crippen molar-refractivity contribution >= 4 is 46.2 Å². The predicted molar refractivity (Wildman–Crippen MR) is 271 cm³/mol. The number of unbranched alkanes of at least 4 members (excludes halogenated alkanes) is 2. The molecule has 8 rings (SSSR count). The van der Waals surface area contributed by atoms with Gasteiger partial charge in [-0.1, -0.05) is 35.9 Å². The van der Waals surface area contributed by atoms with Crippen molar-refractivity contribution in [2.45, 2.75) is 106 Å². The minimum Gasteiger partial charge on any atom is -0.494 e. The van der Waals surface area contributed by atoms with Gasteiger partial charge in [-0.2, -0.15) is 0 Å². The van der Waals surface area contributed by atoms with Crippen LogP contribution >= 0.6 is 22.9 Å². The van der Waals surface area contributed by atoms with E-state index < -0.39 is 6.04 Å². The largest absolute Gasteiger partial charge is 0.494 e. The molecule has 3 aromatic heterocycles. The van der Waals surface area contributed by atoms with E-state index in [0.717, 1.165) is 111 Å². The summed E-state index contributed by atoms with van der Waals surface area (Å²) in [5, 5.41) is 16.8. The van der Waals surface area contributed by atoms with Crippen LogP contribution in [0, 0.1) is 41.5 Å². The van der Waals surface area contributed by atoms with Crippen molar-refractivity contribution in [2.75, 3.05) is 37.8 Å². The van der Waals surface area contributed by atoms with Gasteiger partial charge in [0.1, 0.15) is 22.6 Å². The number of pyridine rings is 1. The number of anilines is 1. The van der Waals surface area contributed by atoms with E-state index in [1.54, 1.807) is 11.3 Å². The van der Waals surface area contributed by atoms with Gasteiger partial charge in [0.15, 0.2) is 5.82 Å². The maximum atomic E-state index is 14.0. The number of nitrogens with zero attached hydrogens (tertiary/aromatic N) is 5. The molecule has 2 aliphatic heterocycles. The second-order valence-corrected chi connectivity index (χ2v) is 19.5. The fourth-order valence-electron chi connectivity index (χ4n) is 9.33. The minimum atomic E-state index is -0.523. The number of aromatic nitrogens is 4. The molecule has 13 nitrogen and oxygen atoms in total. The van der Waals surface area contributed by atoms with Gasteiger partial charge in [0.05, 0.1) is 18.7 Å². The number of aliphatic imine (C=N–C) groups is 1. The Morgan fingerprint density at radius 1 is 0.897 bits per heavy atom. The third kappa shape index (κ3) is 10.6. The van der Waals surface area contributed by atoms with E-state index in [9.17, 15) is 14.4 Å². The van der Waals surface area contributed by atoms with Crippen molar-refractivity contribution in [1.82, 2.24) is 30.4 Å². The molecule has 0 unspecified atom stereocenters. The quantitative estimate of drug-likeness (QED) is 0.0764. The van der Waals surface area contributed by atoms with Crippen LogP contribution in [0.3, 0.4) is 0 Å². The number of fused-ring (bicyclic) bond motifs is 3. The summed E-state index contributed by atoms with van der Waals surface area (Å²) in [6.07, 6.45) is 4.48. The van der Waals surface area contributed by atoms with E-state index in [1.165, 1.54) is 4.88 Å². The number of ether oxygens (including phenoxy) is 2. The zero-order chi connectivity index (χ0) is 48.1. The Bertz CT molecular complexity index is 2880. The number of hydrogen-bond acceptors (Lipinski definition) is 10. The molecule has 3 aromatic carbocycles. The number of benzene rings is 3. The summed E-state index contributed by atoms with van der Waals surface area (Å²) in [5.41, 5.74) is 10.3. The first-order valence-electron chi connectivity index (χ1n) is 23.6. The lowest BCUT2D eigenvalue weighted by Crippen LogP contribution is -2.40. The number of H-pyrrole nitrogens is 1. The molecule has 0 saturated carbocycles. The number of aromatic amines is 1. The summed E-state index contributed by atoms with van der Waals surface area (Å²) >= 11 is 7.95. The van der Waals surface area contributed by atoms with Crippen LogP contribution in [-0.2, 0) is 16.1 Å². The van der Waals surface area contributed by atoms with Crippen LogP contribution in [0.15, 0.2) is 76.5 Å². The van der Waals surface area contributed by atoms with Gasteiger partial charge < -0.3 is 30.0 Å². The summed E-state index contributed by atoms with van der Waals surface area (Å²) < 4.78 is 13.9. The summed E-state index contributed by atoms with van der Waals surface area (Å²) in [7, 11) is 0. The molecule has 3 N–H and O–H groups in total. The standard InChI is InChI=1S/C53H61ClN8O5S/c1-8-61(41-20-24-66-25-21-41)46-28-39(27-43(34(46)5)51(64)56-30-44-31(2)26-32(3)57-52(44)65)37-14-18-42(19-15-37)67-23-11-9-10-22-55-47(63)29-45-50-60-59-36(7)62(50)53-48(33(4)35(6)68-53)49(58-45)38-12-16-40(54)17-13-38/h12-19,26-28,41,45H,8-11,20-25,29-30H2,1-7H3,(H,55,63)(H,56,64)(H,57,65)/t45-/m0/s1. The molecule has 6 aromatic rings. The molecule has 0 aliphatic carbocycles. The van der Waals surface area contributed by atoms with Crippen molar-refractivity contribution in [3.63, 3.8) is 0 Å². The lowest BCUT2D eigenvalue weighted by atomic mass is 9.95. The number of nitrogens with one attached hydrogen (secondary N) is 3. The molecule has 5 heterocycles. The van der Waals surface area contributed by atoms with Crippen LogP contribution in [0.25, 0.3) is 16.1 Å². The highest BCUT2D eigenvalue weighted by Gasteiger charge is 2.33. The van der Waals surface area contributed by atoms with Crippen molar-refractivity contribution in [3.8, 4) is 21.9 Å². The van der Waals surface area contributed by atoms with E-state index in [0.29, 0.717) is 54.4 Å². The van der Waals surface area contributed by atoms with Crippen LogP contribution in [-0.4, -0.2) is 76.2 Å². The molecule has 1 fully saturated rings. The van der Waals surface area contributed by atoms with Gasteiger partial charge in [-0.25, -0.2) is 0 Å². The lowest BCUT2D eigenvalue weighted by molar-refractivity contribution is -0.121. The Kier molecular flexibility index (Phi) is 15.3. The molecule has 68 heavy (non-hydrogen) atoms. The van der Waals surface area contributed by atoms with Gasteiger partial charge in [0, 0.05) is 82.4 Å². The molecule has 356 valence electrons. The Morgan fingerprint density at radius 3 is 2.35 bits per heavy atom. The number of carbonyl (C=O) groups excluding carboxylic acids is 2. The smallest absolute Gasteiger partial charge is 0.253 e. The Hall–Kier alpha value is -6.09. The summed E-state index contributed by atoms with van der Waals surface area (Å²) in [5.74, 6) is 1.85. The molecular weight excluding hydrogens is 896 g/mol. The van der Waals surface area contributed by atoms with E-state index in [-0.39, 0.29) is 30.3 Å². The van der Waals surface area contributed by atoms with Crippen LogP contribution in [0.5, 0.6) is 5.75 Å². The van der Waals surface area contributed by atoms with Gasteiger partial charge in [-0.05, 0) is 151 Å². The van der Waals surface area contributed by atoms with Crippen molar-refractivity contribution in [2.24, 2.45) is 4.99 Å². The first-order chi connectivity index (χ1) is 32.8. The third-order valence-electron chi connectivity index (χ3n) is 13.2. The molecule has 0 radical (unpaired) electrons. The monoisotopic (exact) mass is 956 g/mol. The highest BCUT2D eigenvalue weighted by Crippen LogP contribution is 2.40. The van der Waals surface area contributed by atoms with Gasteiger partial charge >= 0.3 is 0 Å². The zero-order valence-corrected chi connectivity index (χ0v) is 41.6. The summed E-state index contributed by atoms with van der Waals surface area (Å²) in [6, 6.07) is 21.5. The van der Waals surface area contributed by atoms with Crippen LogP contribution in [0.2, 0.25) is 5.02 Å². The highest BCUT2D eigenvalue weighted by molar-refractivity contribution is 7.15. The van der Waals surface area contributed by atoms with Gasteiger partial charge in [-0.3, -0.25) is 23.9 Å². The average Bonchev–Trinajstić information content (AvgIpc) is 3.81. The topological polar surface area (TPSA) is 156 Å². The molecule has 2 aliphatic rings. The number of aryl methyl sites for hydroxylation is 4. The number of hydrogen-bond donors (Lipinski definition) is 3. The fraction of sp³-hybridized carbons (Fsp3) is 0.396. The van der Waals surface area contributed by atoms with Crippen LogP contribution < -0.4 is 25.8 Å². The predicted octanol–water partition coefficient (Wildman–Crippen LogP) is 9.77. The Morgan fingerprint density at radius 2 is 1.63 bits per heavy atom. The first kappa shape index (κ1) is 48.4. The SMILES string of the molecule is CCN(c1cc(-c2ccc(OCCCCCNC(=O)C[C@@H]3N=C(c4ccc(Cl)cc4)c4c(sc(C)c4C)-n4c(C)nnc43)cc2)cc(C(=O)NCc2c(C)cc(C)[nH]c2=O)c1C)C1CCOCC1. The summed E-state index contributed by atoms with van der Waals surface area (Å²) in [6.45, 7) is 17.5. The zero-order valence-electron chi connectivity index (χ0n) is 40.1. The lowest BCUT2D eigenvalue weighted by Gasteiger charge is -2.37. The number of carbonyl (C=O) groups is 2. The molecular formula is C53H61ClN8O5S. The van der Waals surface area contributed by atoms with Gasteiger partial charge in [0.2, 0.25) is 5.91 Å². The van der Waals surface area contributed by atoms with Crippen LogP contribution in [0.4, 0.5) is 5.69 Å². The van der Waals surface area contributed by atoms with Crippen molar-refractivity contribution in [3.05, 3.63) is 143 Å². The number of halogens is 1. The molecule has 1 atom stereocenters. The molecule has 15 heteroatoms. The summed E-state index contributed by atoms with van der Waals surface area (Å²) in [4.78, 5) is 51.9. The van der Waals surface area contributed by atoms with Gasteiger partial charge in [0.25, 0.3) is 11.5 Å². The van der Waals surface area contributed by atoms with E-state index in [2.05, 4.69) is 62.1 Å². The fourth-order valence-corrected chi connectivity index (χ4v) is 10.7. The van der Waals surface area contributed by atoms with Crippen LogP contribution in [0.1, 0.15) is 117 Å². The third-order valence-corrected chi connectivity index (χ3v) is 14.6. The Balaban J connectivity index is 0.876. The second kappa shape index (κ2) is 21.5. The highest BCUT2D eigenvalue weighted by atomic mass is 35.5. The molecule has 0 spiro atoms. The maximum Gasteiger partial charge on any atom is 0.253 e. The Labute approximate surface area is 407 Å². The molecule has 2 amide bonds. The number of rotatable bonds is 17. The number of amides is 2. The van der Waals surface area contributed by atoms with Crippen molar-refractivity contribution < 1.29 is 19.1 Å². The number of thiophene rings is 1. The van der Waals surface area contributed by atoms with E-state index in [1.807, 2.05) is 88.4 Å². The van der Waals surface area contributed by atoms with E-state index in [4.69, 9.17) is 26.1 Å². The maximum absolute atomic E-state index is 14.0. The molecule has 1 saturated heterocycles. The first-order valence-corrected chi connectivity index (χ1v) is 24.8. The van der Waals surface area contributed by atoms with Gasteiger partial charge in [-0.15, -0.1) is 21.5 Å². The van der Waals surface area contributed by atoms with E-state index >= 15 is 0 Å². The normalized spacial score (nSPS) is 14.7.